The van der Waals surface area contributed by atoms with Gasteiger partial charge in [-0.05, 0) is 18.2 Å². The molecule has 88 valence electrons. The molecule has 0 aliphatic carbocycles. The molecule has 0 aliphatic heterocycles. The van der Waals surface area contributed by atoms with Crippen molar-refractivity contribution in [3.05, 3.63) is 30.3 Å². The number of aromatic hydroxyl groups is 1. The fourth-order valence-corrected chi connectivity index (χ4v) is 1.58. The summed E-state index contributed by atoms with van der Waals surface area (Å²) in [5.41, 5.74) is 13.6. The number of anilines is 2. The van der Waals surface area contributed by atoms with Gasteiger partial charge < -0.3 is 21.3 Å². The minimum absolute atomic E-state index is 0.152. The summed E-state index contributed by atoms with van der Waals surface area (Å²) in [7, 11) is 1.49. The molecule has 5 nitrogen and oxygen atoms in total. The second-order valence-corrected chi connectivity index (χ2v) is 3.58. The Hall–Kier alpha value is -2.43. The molecule has 2 rings (SSSR count). The molecule has 17 heavy (non-hydrogen) atoms. The van der Waals surface area contributed by atoms with Gasteiger partial charge in [0.15, 0.2) is 0 Å². The zero-order valence-corrected chi connectivity index (χ0v) is 9.34. The van der Waals surface area contributed by atoms with Gasteiger partial charge in [-0.3, -0.25) is 0 Å². The van der Waals surface area contributed by atoms with Crippen LogP contribution in [-0.4, -0.2) is 17.2 Å². The molecule has 1 aromatic carbocycles. The molecule has 0 bridgehead atoms. The van der Waals surface area contributed by atoms with Crippen LogP contribution in [0, 0.1) is 0 Å². The van der Waals surface area contributed by atoms with Gasteiger partial charge in [-0.1, -0.05) is 12.1 Å². The lowest BCUT2D eigenvalue weighted by atomic mass is 10.1. The molecule has 0 atom stereocenters. The van der Waals surface area contributed by atoms with Gasteiger partial charge in [0.25, 0.3) is 0 Å². The number of nitrogens with zero attached hydrogens (tertiary/aromatic N) is 1. The molecule has 1 aromatic heterocycles. The zero-order chi connectivity index (χ0) is 12.4. The summed E-state index contributed by atoms with van der Waals surface area (Å²) in [6, 6.07) is 8.26. The molecular formula is C12H13N3O2. The zero-order valence-electron chi connectivity index (χ0n) is 9.34. The Morgan fingerprint density at radius 1 is 1.18 bits per heavy atom. The minimum atomic E-state index is 0.152. The van der Waals surface area contributed by atoms with Gasteiger partial charge in [-0.2, -0.15) is 0 Å². The van der Waals surface area contributed by atoms with Crippen LogP contribution in [0.3, 0.4) is 0 Å². The van der Waals surface area contributed by atoms with Crippen molar-refractivity contribution in [3.8, 4) is 22.9 Å². The first-order valence-corrected chi connectivity index (χ1v) is 5.01. The van der Waals surface area contributed by atoms with Crippen molar-refractivity contribution < 1.29 is 9.84 Å². The Bertz CT molecular complexity index is 555. The highest BCUT2D eigenvalue weighted by Crippen LogP contribution is 2.31. The predicted octanol–water partition coefficient (Wildman–Crippen LogP) is 1.63. The number of phenols is 1. The van der Waals surface area contributed by atoms with E-state index in [4.69, 9.17) is 16.2 Å². The third-order valence-electron chi connectivity index (χ3n) is 2.36. The number of rotatable bonds is 2. The summed E-state index contributed by atoms with van der Waals surface area (Å²) in [4.78, 5) is 4.22. The highest BCUT2D eigenvalue weighted by molar-refractivity contribution is 5.77. The number of ether oxygens (including phenoxy) is 1. The topological polar surface area (TPSA) is 94.4 Å². The van der Waals surface area contributed by atoms with E-state index in [1.54, 1.807) is 30.3 Å². The monoisotopic (exact) mass is 231 g/mol. The number of nitrogens with two attached hydrogens (primary N) is 2. The minimum Gasteiger partial charge on any atom is -0.508 e. The van der Waals surface area contributed by atoms with Crippen molar-refractivity contribution in [2.45, 2.75) is 0 Å². The van der Waals surface area contributed by atoms with E-state index in [9.17, 15) is 5.11 Å². The van der Waals surface area contributed by atoms with Gasteiger partial charge >= 0.3 is 0 Å². The van der Waals surface area contributed by atoms with Crippen molar-refractivity contribution in [2.75, 3.05) is 18.6 Å². The predicted molar refractivity (Wildman–Crippen MR) is 66.7 cm³/mol. The van der Waals surface area contributed by atoms with E-state index in [1.165, 1.54) is 7.11 Å². The molecule has 0 fully saturated rings. The summed E-state index contributed by atoms with van der Waals surface area (Å²) in [6.07, 6.45) is 0. The maximum absolute atomic E-state index is 9.42. The van der Waals surface area contributed by atoms with E-state index in [-0.39, 0.29) is 5.75 Å². The molecule has 0 unspecified atom stereocenters. The standard InChI is InChI=1S/C12H13N3O2/c1-17-12-10(14)6-9(13)11(15-12)7-3-2-4-8(16)5-7/h2-6,16H,13-14H2,1H3. The van der Waals surface area contributed by atoms with Crippen molar-refractivity contribution in [1.29, 1.82) is 0 Å². The number of phenolic OH excluding ortho intramolecular Hbond substituents is 1. The fraction of sp³-hybridized carbons (Fsp3) is 0.0833. The van der Waals surface area contributed by atoms with Crippen molar-refractivity contribution in [1.82, 2.24) is 4.98 Å². The second kappa shape index (κ2) is 4.21. The van der Waals surface area contributed by atoms with Crippen LogP contribution >= 0.6 is 0 Å². The molecule has 2 aromatic rings. The molecule has 0 saturated carbocycles. The summed E-state index contributed by atoms with van der Waals surface area (Å²) in [6.45, 7) is 0. The molecule has 1 heterocycles. The second-order valence-electron chi connectivity index (χ2n) is 3.58. The molecule has 5 heteroatoms. The molecule has 0 amide bonds. The molecular weight excluding hydrogens is 218 g/mol. The summed E-state index contributed by atoms with van der Waals surface area (Å²) in [5, 5.41) is 9.42. The Morgan fingerprint density at radius 2 is 1.94 bits per heavy atom. The third kappa shape index (κ3) is 2.08. The third-order valence-corrected chi connectivity index (χ3v) is 2.36. The van der Waals surface area contributed by atoms with Crippen LogP contribution in [-0.2, 0) is 0 Å². The molecule has 0 spiro atoms. The van der Waals surface area contributed by atoms with E-state index >= 15 is 0 Å². The first-order chi connectivity index (χ1) is 8.11. The smallest absolute Gasteiger partial charge is 0.237 e. The van der Waals surface area contributed by atoms with Crippen molar-refractivity contribution in [2.24, 2.45) is 0 Å². The number of hydrogen-bond donors (Lipinski definition) is 3. The van der Waals surface area contributed by atoms with Crippen LogP contribution in [0.5, 0.6) is 11.6 Å². The normalized spacial score (nSPS) is 10.2. The lowest BCUT2D eigenvalue weighted by Gasteiger charge is -2.09. The van der Waals surface area contributed by atoms with Crippen LogP contribution in [0.2, 0.25) is 0 Å². The lowest BCUT2D eigenvalue weighted by Crippen LogP contribution is -2.01. The average Bonchev–Trinajstić information content (AvgIpc) is 2.29. The van der Waals surface area contributed by atoms with Crippen molar-refractivity contribution in [3.63, 3.8) is 0 Å². The Morgan fingerprint density at radius 3 is 2.59 bits per heavy atom. The Kier molecular flexibility index (Phi) is 2.74. The quantitative estimate of drug-likeness (QED) is 0.730. The van der Waals surface area contributed by atoms with Gasteiger partial charge in [0, 0.05) is 5.56 Å². The SMILES string of the molecule is COc1nc(-c2cccc(O)c2)c(N)cc1N. The van der Waals surface area contributed by atoms with Gasteiger partial charge in [0.2, 0.25) is 5.88 Å². The van der Waals surface area contributed by atoms with Crippen LogP contribution in [0.25, 0.3) is 11.3 Å². The maximum Gasteiger partial charge on any atom is 0.237 e. The summed E-state index contributed by atoms with van der Waals surface area (Å²) < 4.78 is 5.04. The van der Waals surface area contributed by atoms with Crippen LogP contribution < -0.4 is 16.2 Å². The largest absolute Gasteiger partial charge is 0.508 e. The summed E-state index contributed by atoms with van der Waals surface area (Å²) in [5.74, 6) is 0.469. The van der Waals surface area contributed by atoms with Crippen LogP contribution in [0.4, 0.5) is 11.4 Å². The van der Waals surface area contributed by atoms with Crippen LogP contribution in [0.1, 0.15) is 0 Å². The molecule has 5 N–H and O–H groups in total. The van der Waals surface area contributed by atoms with Crippen LogP contribution in [0.15, 0.2) is 30.3 Å². The average molecular weight is 231 g/mol. The number of pyridine rings is 1. The molecule has 0 radical (unpaired) electrons. The van der Waals surface area contributed by atoms with Gasteiger partial charge in [0.1, 0.15) is 5.75 Å². The number of aromatic nitrogens is 1. The van der Waals surface area contributed by atoms with Gasteiger partial charge in [0.05, 0.1) is 24.2 Å². The first kappa shape index (κ1) is 11.1. The highest BCUT2D eigenvalue weighted by atomic mass is 16.5. The highest BCUT2D eigenvalue weighted by Gasteiger charge is 2.10. The molecule has 0 saturated heterocycles. The van der Waals surface area contributed by atoms with Crippen molar-refractivity contribution >= 4 is 11.4 Å². The number of methoxy groups -OCH3 is 1. The van der Waals surface area contributed by atoms with Gasteiger partial charge in [-0.15, -0.1) is 0 Å². The maximum atomic E-state index is 9.42. The van der Waals surface area contributed by atoms with E-state index < -0.39 is 0 Å². The Balaban J connectivity index is 2.59. The van der Waals surface area contributed by atoms with E-state index in [0.29, 0.717) is 28.5 Å². The number of benzene rings is 1. The molecule has 0 aliphatic rings. The fourth-order valence-electron chi connectivity index (χ4n) is 1.58. The first-order valence-electron chi connectivity index (χ1n) is 5.01. The lowest BCUT2D eigenvalue weighted by molar-refractivity contribution is 0.401. The van der Waals surface area contributed by atoms with E-state index in [2.05, 4.69) is 4.98 Å². The van der Waals surface area contributed by atoms with E-state index in [0.717, 1.165) is 0 Å². The van der Waals surface area contributed by atoms with E-state index in [1.807, 2.05) is 0 Å². The summed E-state index contributed by atoms with van der Waals surface area (Å²) >= 11 is 0. The van der Waals surface area contributed by atoms with Gasteiger partial charge in [-0.25, -0.2) is 4.98 Å². The number of hydrogen-bond acceptors (Lipinski definition) is 5. The number of nitrogen functional groups attached to an aromatic ring is 2. The Labute approximate surface area is 98.7 Å².